The SMILES string of the molecule is O=c1sc2ccccc2n1CCCN1CCN(Cc2ccccc2)CC1. The Morgan fingerprint density at radius 3 is 2.31 bits per heavy atom. The quantitative estimate of drug-likeness (QED) is 0.669. The topological polar surface area (TPSA) is 28.5 Å². The number of hydrogen-bond acceptors (Lipinski definition) is 4. The maximum atomic E-state index is 12.2. The van der Waals surface area contributed by atoms with Crippen LogP contribution in [0.15, 0.2) is 59.4 Å². The summed E-state index contributed by atoms with van der Waals surface area (Å²) in [5.74, 6) is 0. The van der Waals surface area contributed by atoms with Gasteiger partial charge < -0.3 is 4.90 Å². The monoisotopic (exact) mass is 367 g/mol. The number of para-hydroxylation sites is 1. The van der Waals surface area contributed by atoms with Crippen LogP contribution in [0.5, 0.6) is 0 Å². The van der Waals surface area contributed by atoms with Gasteiger partial charge in [0.2, 0.25) is 0 Å². The summed E-state index contributed by atoms with van der Waals surface area (Å²) in [5, 5.41) is 0. The Hall–Kier alpha value is -1.95. The summed E-state index contributed by atoms with van der Waals surface area (Å²) in [6.45, 7) is 7.40. The van der Waals surface area contributed by atoms with Crippen molar-refractivity contribution in [2.45, 2.75) is 19.5 Å². The zero-order valence-electron chi connectivity index (χ0n) is 15.0. The molecule has 5 heteroatoms. The highest BCUT2D eigenvalue weighted by atomic mass is 32.1. The first-order chi connectivity index (χ1) is 12.8. The van der Waals surface area contributed by atoms with Gasteiger partial charge in [0.25, 0.3) is 0 Å². The number of thiazole rings is 1. The lowest BCUT2D eigenvalue weighted by atomic mass is 10.2. The number of rotatable bonds is 6. The van der Waals surface area contributed by atoms with Crippen LogP contribution in [0.4, 0.5) is 0 Å². The summed E-state index contributed by atoms with van der Waals surface area (Å²) < 4.78 is 3.03. The number of aryl methyl sites for hydroxylation is 1. The first-order valence-electron chi connectivity index (χ1n) is 9.36. The van der Waals surface area contributed by atoms with Gasteiger partial charge in [0.1, 0.15) is 0 Å². The van der Waals surface area contributed by atoms with E-state index in [0.29, 0.717) is 0 Å². The maximum absolute atomic E-state index is 12.2. The van der Waals surface area contributed by atoms with Gasteiger partial charge in [-0.1, -0.05) is 53.8 Å². The Morgan fingerprint density at radius 2 is 1.50 bits per heavy atom. The van der Waals surface area contributed by atoms with Crippen molar-refractivity contribution in [2.75, 3.05) is 32.7 Å². The van der Waals surface area contributed by atoms with Crippen LogP contribution in [-0.4, -0.2) is 47.1 Å². The number of aromatic nitrogens is 1. The van der Waals surface area contributed by atoms with Gasteiger partial charge in [0.15, 0.2) is 0 Å². The van der Waals surface area contributed by atoms with Gasteiger partial charge in [0.05, 0.1) is 10.2 Å². The molecule has 1 saturated heterocycles. The summed E-state index contributed by atoms with van der Waals surface area (Å²) in [7, 11) is 0. The summed E-state index contributed by atoms with van der Waals surface area (Å²) in [4.78, 5) is 17.4. The van der Waals surface area contributed by atoms with E-state index in [2.05, 4.69) is 46.2 Å². The van der Waals surface area contributed by atoms with E-state index in [1.165, 1.54) is 16.9 Å². The summed E-state index contributed by atoms with van der Waals surface area (Å²) >= 11 is 1.35. The van der Waals surface area contributed by atoms with Crippen LogP contribution in [0.3, 0.4) is 0 Å². The predicted octanol–water partition coefficient (Wildman–Crippen LogP) is 3.27. The molecule has 0 N–H and O–H groups in total. The van der Waals surface area contributed by atoms with Crippen molar-refractivity contribution in [2.24, 2.45) is 0 Å². The average molecular weight is 368 g/mol. The molecule has 2 aromatic carbocycles. The smallest absolute Gasteiger partial charge is 0.301 e. The van der Waals surface area contributed by atoms with Crippen LogP contribution >= 0.6 is 11.3 Å². The molecule has 0 spiro atoms. The van der Waals surface area contributed by atoms with Crippen molar-refractivity contribution >= 4 is 21.6 Å². The number of benzene rings is 2. The molecule has 0 amide bonds. The molecule has 0 bridgehead atoms. The molecule has 4 rings (SSSR count). The van der Waals surface area contributed by atoms with Gasteiger partial charge in [0, 0.05) is 39.3 Å². The fraction of sp³-hybridized carbons (Fsp3) is 0.381. The molecule has 0 radical (unpaired) electrons. The lowest BCUT2D eigenvalue weighted by Crippen LogP contribution is -2.46. The standard InChI is InChI=1S/C21H25N3OS/c25-21-24(19-9-4-5-10-20(19)26-21)12-6-11-22-13-15-23(16-14-22)17-18-7-2-1-3-8-18/h1-5,7-10H,6,11-17H2. The Morgan fingerprint density at radius 1 is 0.808 bits per heavy atom. The molecular formula is C21H25N3OS. The van der Waals surface area contributed by atoms with Gasteiger partial charge >= 0.3 is 4.87 Å². The first kappa shape index (κ1) is 17.5. The zero-order valence-corrected chi connectivity index (χ0v) is 15.8. The molecule has 1 fully saturated rings. The van der Waals surface area contributed by atoms with Crippen molar-refractivity contribution in [3.8, 4) is 0 Å². The van der Waals surface area contributed by atoms with Crippen LogP contribution in [0, 0.1) is 0 Å². The normalized spacial score (nSPS) is 16.3. The van der Waals surface area contributed by atoms with Crippen LogP contribution < -0.4 is 4.87 Å². The van der Waals surface area contributed by atoms with E-state index >= 15 is 0 Å². The predicted molar refractivity (Wildman–Crippen MR) is 109 cm³/mol. The highest BCUT2D eigenvalue weighted by molar-refractivity contribution is 7.16. The molecule has 136 valence electrons. The molecule has 1 aliphatic rings. The van der Waals surface area contributed by atoms with Crippen LogP contribution in [-0.2, 0) is 13.1 Å². The van der Waals surface area contributed by atoms with Crippen LogP contribution in [0.25, 0.3) is 10.2 Å². The Bertz CT molecular complexity index is 894. The lowest BCUT2D eigenvalue weighted by Gasteiger charge is -2.34. The highest BCUT2D eigenvalue weighted by Gasteiger charge is 2.16. The van der Waals surface area contributed by atoms with Crippen molar-refractivity contribution in [3.63, 3.8) is 0 Å². The summed E-state index contributed by atoms with van der Waals surface area (Å²) in [6.07, 6.45) is 1.03. The van der Waals surface area contributed by atoms with Crippen molar-refractivity contribution in [3.05, 3.63) is 69.8 Å². The number of piperazine rings is 1. The zero-order chi connectivity index (χ0) is 17.8. The lowest BCUT2D eigenvalue weighted by molar-refractivity contribution is 0.125. The molecular weight excluding hydrogens is 342 g/mol. The molecule has 4 nitrogen and oxygen atoms in total. The van der Waals surface area contributed by atoms with Gasteiger partial charge in [-0.15, -0.1) is 0 Å². The van der Waals surface area contributed by atoms with Crippen molar-refractivity contribution in [1.29, 1.82) is 0 Å². The largest absolute Gasteiger partial charge is 0.308 e. The van der Waals surface area contributed by atoms with E-state index in [-0.39, 0.29) is 4.87 Å². The van der Waals surface area contributed by atoms with Gasteiger partial charge in [-0.3, -0.25) is 14.3 Å². The fourth-order valence-corrected chi connectivity index (χ4v) is 4.61. The molecule has 0 unspecified atom stereocenters. The third-order valence-electron chi connectivity index (χ3n) is 5.14. The van der Waals surface area contributed by atoms with E-state index in [1.54, 1.807) is 0 Å². The average Bonchev–Trinajstić information content (AvgIpc) is 2.99. The fourth-order valence-electron chi connectivity index (χ4n) is 3.69. The number of hydrogen-bond donors (Lipinski definition) is 0. The van der Waals surface area contributed by atoms with Crippen molar-refractivity contribution in [1.82, 2.24) is 14.4 Å². The third-order valence-corrected chi connectivity index (χ3v) is 6.10. The second-order valence-electron chi connectivity index (χ2n) is 6.94. The van der Waals surface area contributed by atoms with Crippen molar-refractivity contribution < 1.29 is 0 Å². The minimum absolute atomic E-state index is 0.166. The second kappa shape index (κ2) is 8.16. The van der Waals surface area contributed by atoms with Gasteiger partial charge in [-0.2, -0.15) is 0 Å². The minimum Gasteiger partial charge on any atom is -0.301 e. The molecule has 1 aliphatic heterocycles. The Kier molecular flexibility index (Phi) is 5.48. The highest BCUT2D eigenvalue weighted by Crippen LogP contribution is 2.17. The molecule has 3 aromatic rings. The summed E-state index contributed by atoms with van der Waals surface area (Å²) in [6, 6.07) is 18.8. The Balaban J connectivity index is 1.25. The molecule has 0 aliphatic carbocycles. The molecule has 26 heavy (non-hydrogen) atoms. The van der Waals surface area contributed by atoms with Gasteiger partial charge in [-0.25, -0.2) is 0 Å². The third kappa shape index (κ3) is 4.06. The number of fused-ring (bicyclic) bond motifs is 1. The minimum atomic E-state index is 0.166. The molecule has 1 aromatic heterocycles. The second-order valence-corrected chi connectivity index (χ2v) is 7.94. The van der Waals surface area contributed by atoms with Crippen LogP contribution in [0.2, 0.25) is 0 Å². The van der Waals surface area contributed by atoms with E-state index in [4.69, 9.17) is 0 Å². The molecule has 2 heterocycles. The Labute approximate surface area is 158 Å². The van der Waals surface area contributed by atoms with E-state index in [9.17, 15) is 4.79 Å². The molecule has 0 saturated carbocycles. The first-order valence-corrected chi connectivity index (χ1v) is 10.2. The van der Waals surface area contributed by atoms with E-state index < -0.39 is 0 Å². The molecule has 0 atom stereocenters. The van der Waals surface area contributed by atoms with Crippen LogP contribution in [0.1, 0.15) is 12.0 Å². The summed E-state index contributed by atoms with van der Waals surface area (Å²) in [5.41, 5.74) is 2.47. The van der Waals surface area contributed by atoms with E-state index in [1.807, 2.05) is 22.8 Å². The number of nitrogens with zero attached hydrogens (tertiary/aromatic N) is 3. The van der Waals surface area contributed by atoms with E-state index in [0.717, 1.165) is 62.5 Å². The maximum Gasteiger partial charge on any atom is 0.308 e. The van der Waals surface area contributed by atoms with Gasteiger partial charge in [-0.05, 0) is 30.7 Å².